The molecular weight excluding hydrogens is 260 g/mol. The summed E-state index contributed by atoms with van der Waals surface area (Å²) in [4.78, 5) is 23.2. The van der Waals surface area contributed by atoms with Crippen molar-refractivity contribution in [2.45, 2.75) is 52.6 Å². The lowest BCUT2D eigenvalue weighted by Gasteiger charge is -2.40. The van der Waals surface area contributed by atoms with Crippen molar-refractivity contribution in [2.75, 3.05) is 20.3 Å². The van der Waals surface area contributed by atoms with Crippen LogP contribution in [0.4, 0.5) is 0 Å². The van der Waals surface area contributed by atoms with Gasteiger partial charge in [-0.25, -0.2) is 0 Å². The van der Waals surface area contributed by atoms with Gasteiger partial charge in [0.25, 0.3) is 0 Å². The molecule has 118 valence electrons. The summed E-state index contributed by atoms with van der Waals surface area (Å²) in [6.07, 6.45) is 0.749. The fraction of sp³-hybridized carbons (Fsp3) is 0.857. The number of hydrogen-bond donors (Lipinski definition) is 3. The van der Waals surface area contributed by atoms with E-state index >= 15 is 0 Å². The van der Waals surface area contributed by atoms with Crippen LogP contribution in [0, 0.1) is 5.41 Å². The fourth-order valence-corrected chi connectivity index (χ4v) is 1.64. The molecule has 0 aliphatic carbocycles. The molecule has 0 aliphatic rings. The third-order valence-electron chi connectivity index (χ3n) is 3.89. The summed E-state index contributed by atoms with van der Waals surface area (Å²) < 4.78 is 4.90. The lowest BCUT2D eigenvalue weighted by molar-refractivity contribution is -0.151. The average Bonchev–Trinajstić information content (AvgIpc) is 2.33. The number of methoxy groups -OCH3 is 1. The number of carbonyl (C=O) groups excluding carboxylic acids is 1. The second-order valence-corrected chi connectivity index (χ2v) is 6.06. The molecule has 1 amide bonds. The predicted octanol–water partition coefficient (Wildman–Crippen LogP) is 1.01. The fourth-order valence-electron chi connectivity index (χ4n) is 1.64. The normalized spacial score (nSPS) is 13.9. The van der Waals surface area contributed by atoms with E-state index in [2.05, 4.69) is 10.6 Å². The first-order valence-corrected chi connectivity index (χ1v) is 6.84. The number of hydrogen-bond acceptors (Lipinski definition) is 4. The summed E-state index contributed by atoms with van der Waals surface area (Å²) >= 11 is 0. The Morgan fingerprint density at radius 1 is 1.25 bits per heavy atom. The van der Waals surface area contributed by atoms with E-state index in [-0.39, 0.29) is 5.91 Å². The van der Waals surface area contributed by atoms with Crippen LogP contribution in [-0.4, -0.2) is 48.8 Å². The molecule has 0 saturated heterocycles. The maximum atomic E-state index is 11.9. The molecule has 6 nitrogen and oxygen atoms in total. The van der Waals surface area contributed by atoms with Gasteiger partial charge in [0, 0.05) is 25.8 Å². The summed E-state index contributed by atoms with van der Waals surface area (Å²) in [6.45, 7) is 9.73. The van der Waals surface area contributed by atoms with Gasteiger partial charge in [-0.15, -0.1) is 0 Å². The molecule has 0 aromatic rings. The first-order chi connectivity index (χ1) is 9.06. The van der Waals surface area contributed by atoms with E-state index in [0.29, 0.717) is 13.2 Å². The molecule has 0 radical (unpaired) electrons. The van der Waals surface area contributed by atoms with Crippen LogP contribution >= 0.6 is 0 Å². The molecular formula is C14H28N2O4. The highest BCUT2D eigenvalue weighted by molar-refractivity contribution is 5.81. The number of rotatable bonds is 9. The third-order valence-corrected chi connectivity index (χ3v) is 3.89. The summed E-state index contributed by atoms with van der Waals surface area (Å²) in [5.41, 5.74) is -1.71. The van der Waals surface area contributed by atoms with Crippen LogP contribution < -0.4 is 10.6 Å². The van der Waals surface area contributed by atoms with Gasteiger partial charge >= 0.3 is 5.97 Å². The SMILES string of the molecule is COCCCNC(=O)C(C)NC(C)(C)C(C)(C)C(=O)O. The highest BCUT2D eigenvalue weighted by Crippen LogP contribution is 2.31. The monoisotopic (exact) mass is 288 g/mol. The van der Waals surface area contributed by atoms with Crippen LogP contribution in [0.1, 0.15) is 41.0 Å². The Hall–Kier alpha value is -1.14. The second kappa shape index (κ2) is 7.59. The van der Waals surface area contributed by atoms with E-state index in [1.165, 1.54) is 0 Å². The van der Waals surface area contributed by atoms with Crippen LogP contribution in [0.3, 0.4) is 0 Å². The van der Waals surface area contributed by atoms with Crippen molar-refractivity contribution in [1.82, 2.24) is 10.6 Å². The molecule has 20 heavy (non-hydrogen) atoms. The Morgan fingerprint density at radius 2 is 1.80 bits per heavy atom. The molecule has 0 spiro atoms. The van der Waals surface area contributed by atoms with E-state index < -0.39 is 23.0 Å². The van der Waals surface area contributed by atoms with Crippen LogP contribution in [0.2, 0.25) is 0 Å². The quantitative estimate of drug-likeness (QED) is 0.551. The molecule has 0 rings (SSSR count). The lowest BCUT2D eigenvalue weighted by atomic mass is 9.74. The van der Waals surface area contributed by atoms with E-state index in [1.54, 1.807) is 41.7 Å². The topological polar surface area (TPSA) is 87.7 Å². The van der Waals surface area contributed by atoms with Crippen molar-refractivity contribution in [2.24, 2.45) is 5.41 Å². The minimum absolute atomic E-state index is 0.143. The number of aliphatic carboxylic acids is 1. The highest BCUT2D eigenvalue weighted by Gasteiger charge is 2.44. The number of amides is 1. The zero-order chi connectivity index (χ0) is 16.0. The Morgan fingerprint density at radius 3 is 2.25 bits per heavy atom. The molecule has 0 aromatic heterocycles. The number of nitrogens with one attached hydrogen (secondary N) is 2. The summed E-state index contributed by atoms with van der Waals surface area (Å²) in [5.74, 6) is -1.04. The molecule has 6 heteroatoms. The van der Waals surface area contributed by atoms with Gasteiger partial charge in [0.2, 0.25) is 5.91 Å². The second-order valence-electron chi connectivity index (χ2n) is 6.06. The standard InChI is InChI=1S/C14H28N2O4/c1-10(11(17)15-8-7-9-20-6)16-14(4,5)13(2,3)12(18)19/h10,16H,7-9H2,1-6H3,(H,15,17)(H,18,19). The van der Waals surface area contributed by atoms with Crippen LogP contribution in [0.15, 0.2) is 0 Å². The average molecular weight is 288 g/mol. The number of ether oxygens (including phenoxy) is 1. The summed E-state index contributed by atoms with van der Waals surface area (Å²) in [6, 6.07) is -0.467. The van der Waals surface area contributed by atoms with Gasteiger partial charge in [0.1, 0.15) is 0 Å². The smallest absolute Gasteiger partial charge is 0.310 e. The number of carbonyl (C=O) groups is 2. The van der Waals surface area contributed by atoms with Crippen molar-refractivity contribution < 1.29 is 19.4 Å². The third kappa shape index (κ3) is 5.09. The van der Waals surface area contributed by atoms with Gasteiger partial charge in [-0.1, -0.05) is 0 Å². The first kappa shape index (κ1) is 18.9. The van der Waals surface area contributed by atoms with E-state index in [1.807, 2.05) is 0 Å². The zero-order valence-electron chi connectivity index (χ0n) is 13.4. The first-order valence-electron chi connectivity index (χ1n) is 6.84. The Labute approximate surface area is 121 Å². The van der Waals surface area contributed by atoms with E-state index in [0.717, 1.165) is 6.42 Å². The minimum atomic E-state index is -0.989. The molecule has 0 bridgehead atoms. The van der Waals surface area contributed by atoms with Gasteiger partial charge in [-0.3, -0.25) is 14.9 Å². The lowest BCUT2D eigenvalue weighted by Crippen LogP contribution is -2.60. The number of carboxylic acids is 1. The molecule has 3 N–H and O–H groups in total. The van der Waals surface area contributed by atoms with Gasteiger partial charge < -0.3 is 15.2 Å². The molecule has 0 heterocycles. The highest BCUT2D eigenvalue weighted by atomic mass is 16.5. The van der Waals surface area contributed by atoms with Crippen molar-refractivity contribution in [1.29, 1.82) is 0 Å². The Kier molecular flexibility index (Phi) is 7.16. The number of carboxylic acid groups (broad SMARTS) is 1. The van der Waals surface area contributed by atoms with Crippen molar-refractivity contribution >= 4 is 11.9 Å². The van der Waals surface area contributed by atoms with Crippen LogP contribution in [-0.2, 0) is 14.3 Å². The van der Waals surface area contributed by atoms with Gasteiger partial charge in [-0.05, 0) is 41.0 Å². The molecule has 0 aliphatic heterocycles. The molecule has 1 unspecified atom stereocenters. The molecule has 0 saturated carbocycles. The molecule has 1 atom stereocenters. The zero-order valence-corrected chi connectivity index (χ0v) is 13.4. The maximum absolute atomic E-state index is 11.9. The molecule has 0 aromatic carbocycles. The van der Waals surface area contributed by atoms with Crippen LogP contribution in [0.5, 0.6) is 0 Å². The van der Waals surface area contributed by atoms with Crippen molar-refractivity contribution in [3.05, 3.63) is 0 Å². The largest absolute Gasteiger partial charge is 0.481 e. The Balaban J connectivity index is 4.47. The molecule has 0 fully saturated rings. The predicted molar refractivity (Wildman–Crippen MR) is 77.6 cm³/mol. The van der Waals surface area contributed by atoms with Gasteiger partial charge in [-0.2, -0.15) is 0 Å². The Bertz CT molecular complexity index is 340. The van der Waals surface area contributed by atoms with E-state index in [4.69, 9.17) is 4.74 Å². The van der Waals surface area contributed by atoms with Gasteiger partial charge in [0.05, 0.1) is 11.5 Å². The van der Waals surface area contributed by atoms with Gasteiger partial charge in [0.15, 0.2) is 0 Å². The minimum Gasteiger partial charge on any atom is -0.481 e. The summed E-state index contributed by atoms with van der Waals surface area (Å²) in [7, 11) is 1.61. The van der Waals surface area contributed by atoms with Crippen molar-refractivity contribution in [3.63, 3.8) is 0 Å². The summed E-state index contributed by atoms with van der Waals surface area (Å²) in [5, 5.41) is 15.2. The van der Waals surface area contributed by atoms with E-state index in [9.17, 15) is 14.7 Å². The van der Waals surface area contributed by atoms with Crippen LogP contribution in [0.25, 0.3) is 0 Å². The maximum Gasteiger partial charge on any atom is 0.310 e. The van der Waals surface area contributed by atoms with Crippen molar-refractivity contribution in [3.8, 4) is 0 Å².